The molecule has 0 fully saturated rings. The highest BCUT2D eigenvalue weighted by molar-refractivity contribution is 5.84. The van der Waals surface area contributed by atoms with Crippen LogP contribution in [0.3, 0.4) is 0 Å². The van der Waals surface area contributed by atoms with Gasteiger partial charge in [0.15, 0.2) is 12.6 Å². The van der Waals surface area contributed by atoms with E-state index in [1.165, 1.54) is 24.3 Å². The fourth-order valence-electron chi connectivity index (χ4n) is 1.18. The Morgan fingerprint density at radius 2 is 2.05 bits per heavy atom. The number of nitrogens with one attached hydrogen (secondary N) is 1. The van der Waals surface area contributed by atoms with Crippen LogP contribution in [0.2, 0.25) is 0 Å². The van der Waals surface area contributed by atoms with Crippen LogP contribution in [-0.2, 0) is 9.59 Å². The van der Waals surface area contributed by atoms with Crippen molar-refractivity contribution in [2.75, 3.05) is 13.3 Å². The van der Waals surface area contributed by atoms with E-state index in [0.29, 0.717) is 11.3 Å². The van der Waals surface area contributed by atoms with Crippen LogP contribution in [0.1, 0.15) is 5.56 Å². The standard InChI is InChI=1S/C12H11FN2O4/c13-5-10(12(17)18)15-11(16)7-19-9-3-1-8(6-14)2-4-9/h1-4,10H,5,7H2,(H,15,16)(H,17,18). The number of hydrogen-bond donors (Lipinski definition) is 2. The summed E-state index contributed by atoms with van der Waals surface area (Å²) in [6.45, 7) is -1.63. The molecule has 0 bridgehead atoms. The van der Waals surface area contributed by atoms with Gasteiger partial charge in [0, 0.05) is 0 Å². The van der Waals surface area contributed by atoms with Crippen molar-refractivity contribution < 1.29 is 23.8 Å². The number of hydrogen-bond acceptors (Lipinski definition) is 4. The molecule has 0 radical (unpaired) electrons. The predicted octanol–water partition coefficient (Wildman–Crippen LogP) is 0.476. The van der Waals surface area contributed by atoms with Crippen molar-refractivity contribution in [3.63, 3.8) is 0 Å². The highest BCUT2D eigenvalue weighted by Crippen LogP contribution is 2.11. The molecule has 1 atom stereocenters. The summed E-state index contributed by atoms with van der Waals surface area (Å²) in [6, 6.07) is 6.36. The summed E-state index contributed by atoms with van der Waals surface area (Å²) in [6.07, 6.45) is 0. The Morgan fingerprint density at radius 3 is 2.53 bits per heavy atom. The second-order valence-electron chi connectivity index (χ2n) is 3.54. The minimum atomic E-state index is -1.57. The van der Waals surface area contributed by atoms with E-state index in [9.17, 15) is 14.0 Å². The number of nitriles is 1. The van der Waals surface area contributed by atoms with Crippen LogP contribution in [0.15, 0.2) is 24.3 Å². The molecule has 0 spiro atoms. The lowest BCUT2D eigenvalue weighted by Crippen LogP contribution is -2.44. The van der Waals surface area contributed by atoms with Gasteiger partial charge in [-0.25, -0.2) is 9.18 Å². The first-order chi connectivity index (χ1) is 9.06. The molecule has 0 saturated carbocycles. The number of amides is 1. The maximum absolute atomic E-state index is 12.2. The summed E-state index contributed by atoms with van der Waals surface area (Å²) in [4.78, 5) is 21.8. The van der Waals surface area contributed by atoms with Gasteiger partial charge in [-0.15, -0.1) is 0 Å². The number of nitrogens with zero attached hydrogens (tertiary/aromatic N) is 1. The van der Waals surface area contributed by atoms with E-state index in [1.54, 1.807) is 0 Å². The molecule has 7 heteroatoms. The van der Waals surface area contributed by atoms with Crippen molar-refractivity contribution in [1.82, 2.24) is 5.32 Å². The summed E-state index contributed by atoms with van der Waals surface area (Å²) in [5.41, 5.74) is 0.445. The molecule has 2 N–H and O–H groups in total. The lowest BCUT2D eigenvalue weighted by Gasteiger charge is -2.11. The van der Waals surface area contributed by atoms with Crippen molar-refractivity contribution in [2.24, 2.45) is 0 Å². The van der Waals surface area contributed by atoms with Gasteiger partial charge in [0.25, 0.3) is 5.91 Å². The number of aliphatic carboxylic acids is 1. The number of rotatable bonds is 6. The van der Waals surface area contributed by atoms with Gasteiger partial charge in [0.2, 0.25) is 0 Å². The molecule has 19 heavy (non-hydrogen) atoms. The summed E-state index contributed by atoms with van der Waals surface area (Å²) in [5.74, 6) is -1.84. The molecular weight excluding hydrogens is 255 g/mol. The average molecular weight is 266 g/mol. The highest BCUT2D eigenvalue weighted by Gasteiger charge is 2.19. The Morgan fingerprint density at radius 1 is 1.42 bits per heavy atom. The zero-order valence-corrected chi connectivity index (χ0v) is 9.80. The van der Waals surface area contributed by atoms with Crippen molar-refractivity contribution in [3.8, 4) is 11.8 Å². The molecule has 1 unspecified atom stereocenters. The van der Waals surface area contributed by atoms with Crippen LogP contribution in [0, 0.1) is 11.3 Å². The molecule has 1 rings (SSSR count). The molecule has 0 aromatic heterocycles. The number of carbonyl (C=O) groups is 2. The van der Waals surface area contributed by atoms with E-state index in [0.717, 1.165) is 0 Å². The van der Waals surface area contributed by atoms with E-state index in [-0.39, 0.29) is 0 Å². The smallest absolute Gasteiger partial charge is 0.328 e. The van der Waals surface area contributed by atoms with Crippen LogP contribution in [0.4, 0.5) is 4.39 Å². The second kappa shape index (κ2) is 6.96. The van der Waals surface area contributed by atoms with E-state index in [1.807, 2.05) is 11.4 Å². The van der Waals surface area contributed by atoms with Crippen molar-refractivity contribution in [2.45, 2.75) is 6.04 Å². The van der Waals surface area contributed by atoms with E-state index in [2.05, 4.69) is 0 Å². The van der Waals surface area contributed by atoms with Crippen LogP contribution in [0.25, 0.3) is 0 Å². The monoisotopic (exact) mass is 266 g/mol. The minimum absolute atomic E-state index is 0.348. The summed E-state index contributed by atoms with van der Waals surface area (Å²) in [7, 11) is 0. The molecule has 0 aliphatic carbocycles. The van der Waals surface area contributed by atoms with Crippen LogP contribution in [-0.4, -0.2) is 36.3 Å². The molecule has 0 aliphatic rings. The number of benzene rings is 1. The van der Waals surface area contributed by atoms with E-state index < -0.39 is 31.2 Å². The molecule has 1 aromatic rings. The Labute approximate surface area is 108 Å². The summed E-state index contributed by atoms with van der Waals surface area (Å²) in [5, 5.41) is 19.1. The number of halogens is 1. The molecule has 0 saturated heterocycles. The van der Waals surface area contributed by atoms with Crippen LogP contribution >= 0.6 is 0 Å². The Kier molecular flexibility index (Phi) is 5.29. The number of ether oxygens (including phenoxy) is 1. The molecule has 6 nitrogen and oxygen atoms in total. The Balaban J connectivity index is 2.45. The molecule has 100 valence electrons. The second-order valence-corrected chi connectivity index (χ2v) is 3.54. The first kappa shape index (κ1) is 14.4. The van der Waals surface area contributed by atoms with Gasteiger partial charge in [0.1, 0.15) is 12.4 Å². The first-order valence-corrected chi connectivity index (χ1v) is 5.28. The van der Waals surface area contributed by atoms with Gasteiger partial charge >= 0.3 is 5.97 Å². The third-order valence-electron chi connectivity index (χ3n) is 2.14. The first-order valence-electron chi connectivity index (χ1n) is 5.28. The minimum Gasteiger partial charge on any atom is -0.484 e. The van der Waals surface area contributed by atoms with Gasteiger partial charge in [-0.1, -0.05) is 0 Å². The molecule has 0 aliphatic heterocycles. The maximum Gasteiger partial charge on any atom is 0.328 e. The van der Waals surface area contributed by atoms with E-state index in [4.69, 9.17) is 15.1 Å². The zero-order chi connectivity index (χ0) is 14.3. The normalized spacial score (nSPS) is 11.2. The van der Waals surface area contributed by atoms with Crippen LogP contribution in [0.5, 0.6) is 5.75 Å². The van der Waals surface area contributed by atoms with Crippen molar-refractivity contribution >= 4 is 11.9 Å². The molecule has 1 amide bonds. The quantitative estimate of drug-likeness (QED) is 0.780. The van der Waals surface area contributed by atoms with Crippen molar-refractivity contribution in [3.05, 3.63) is 29.8 Å². The Hall–Kier alpha value is -2.62. The summed E-state index contributed by atoms with van der Waals surface area (Å²) < 4.78 is 17.3. The predicted molar refractivity (Wildman–Crippen MR) is 62.2 cm³/mol. The number of alkyl halides is 1. The van der Waals surface area contributed by atoms with Gasteiger partial charge < -0.3 is 15.2 Å². The molecule has 0 heterocycles. The average Bonchev–Trinajstić information content (AvgIpc) is 2.42. The zero-order valence-electron chi connectivity index (χ0n) is 9.80. The van der Waals surface area contributed by atoms with Gasteiger partial charge in [-0.05, 0) is 24.3 Å². The van der Waals surface area contributed by atoms with Gasteiger partial charge in [0.05, 0.1) is 11.6 Å². The third-order valence-corrected chi connectivity index (χ3v) is 2.14. The fraction of sp³-hybridized carbons (Fsp3) is 0.250. The largest absolute Gasteiger partial charge is 0.484 e. The fourth-order valence-corrected chi connectivity index (χ4v) is 1.18. The topological polar surface area (TPSA) is 99.4 Å². The van der Waals surface area contributed by atoms with E-state index >= 15 is 0 Å². The van der Waals surface area contributed by atoms with Gasteiger partial charge in [-0.3, -0.25) is 4.79 Å². The van der Waals surface area contributed by atoms with Crippen molar-refractivity contribution in [1.29, 1.82) is 5.26 Å². The lowest BCUT2D eigenvalue weighted by atomic mass is 10.2. The highest BCUT2D eigenvalue weighted by atomic mass is 19.1. The van der Waals surface area contributed by atoms with Gasteiger partial charge in [-0.2, -0.15) is 5.26 Å². The molecule has 1 aromatic carbocycles. The lowest BCUT2D eigenvalue weighted by molar-refractivity contribution is -0.142. The third kappa shape index (κ3) is 4.63. The number of carboxylic acid groups (broad SMARTS) is 1. The summed E-state index contributed by atoms with van der Waals surface area (Å²) >= 11 is 0. The number of carboxylic acids is 1. The maximum atomic E-state index is 12.2. The Bertz CT molecular complexity index is 495. The SMILES string of the molecule is N#Cc1ccc(OCC(=O)NC(CF)C(=O)O)cc1. The van der Waals surface area contributed by atoms with Crippen LogP contribution < -0.4 is 10.1 Å². The number of carbonyl (C=O) groups excluding carboxylic acids is 1. The molecular formula is C12H11FN2O4.